The highest BCUT2D eigenvalue weighted by molar-refractivity contribution is 6.30. The van der Waals surface area contributed by atoms with E-state index < -0.39 is 12.6 Å². The fraction of sp³-hybridized carbons (Fsp3) is 0.111. The molecular formula is C9H8ClNO3. The van der Waals surface area contributed by atoms with E-state index in [2.05, 4.69) is 9.99 Å². The molecule has 1 rings (SSSR count). The third kappa shape index (κ3) is 3.91. The first kappa shape index (κ1) is 10.5. The highest BCUT2D eigenvalue weighted by Gasteiger charge is 1.93. The van der Waals surface area contributed by atoms with E-state index in [-0.39, 0.29) is 0 Å². The highest BCUT2D eigenvalue weighted by atomic mass is 35.5. The zero-order valence-corrected chi connectivity index (χ0v) is 7.94. The van der Waals surface area contributed by atoms with Crippen LogP contribution >= 0.6 is 11.6 Å². The predicted octanol–water partition coefficient (Wildman–Crippen LogP) is 1.78. The minimum absolute atomic E-state index is 0.440. The van der Waals surface area contributed by atoms with Crippen LogP contribution in [0, 0.1) is 0 Å². The normalized spacial score (nSPS) is 10.4. The molecule has 0 aliphatic carbocycles. The van der Waals surface area contributed by atoms with E-state index in [0.29, 0.717) is 5.02 Å². The first-order valence-electron chi connectivity index (χ1n) is 3.81. The van der Waals surface area contributed by atoms with Crippen molar-refractivity contribution in [3.8, 4) is 0 Å². The fourth-order valence-corrected chi connectivity index (χ4v) is 0.865. The van der Waals surface area contributed by atoms with Crippen molar-refractivity contribution < 1.29 is 14.7 Å². The molecule has 0 unspecified atom stereocenters. The molecule has 0 atom stereocenters. The van der Waals surface area contributed by atoms with Crippen molar-refractivity contribution in [2.45, 2.75) is 0 Å². The maximum atomic E-state index is 10.0. The van der Waals surface area contributed by atoms with Crippen LogP contribution in [0.25, 0.3) is 0 Å². The van der Waals surface area contributed by atoms with Gasteiger partial charge in [0.05, 0.1) is 6.21 Å². The van der Waals surface area contributed by atoms with Crippen molar-refractivity contribution in [3.63, 3.8) is 0 Å². The minimum atomic E-state index is -1.06. The van der Waals surface area contributed by atoms with Crippen molar-refractivity contribution >= 4 is 23.8 Å². The van der Waals surface area contributed by atoms with Crippen molar-refractivity contribution in [3.05, 3.63) is 34.9 Å². The molecule has 5 heteroatoms. The Labute approximate surface area is 85.7 Å². The summed E-state index contributed by atoms with van der Waals surface area (Å²) in [4.78, 5) is 14.5. The molecule has 0 saturated carbocycles. The first-order valence-corrected chi connectivity index (χ1v) is 4.19. The van der Waals surface area contributed by atoms with E-state index in [4.69, 9.17) is 16.7 Å². The Morgan fingerprint density at radius 1 is 1.50 bits per heavy atom. The maximum absolute atomic E-state index is 10.0. The Bertz CT molecular complexity index is 334. The molecule has 1 aromatic carbocycles. The molecular weight excluding hydrogens is 206 g/mol. The van der Waals surface area contributed by atoms with Gasteiger partial charge in [0.2, 0.25) is 6.61 Å². The summed E-state index contributed by atoms with van der Waals surface area (Å²) in [6.45, 7) is -0.440. The van der Waals surface area contributed by atoms with Gasteiger partial charge in [-0.05, 0) is 17.7 Å². The number of carbonyl (C=O) groups is 1. The highest BCUT2D eigenvalue weighted by Crippen LogP contribution is 2.07. The van der Waals surface area contributed by atoms with Gasteiger partial charge in [0.1, 0.15) is 0 Å². The van der Waals surface area contributed by atoms with E-state index in [0.717, 1.165) is 5.56 Å². The molecule has 4 nitrogen and oxygen atoms in total. The summed E-state index contributed by atoms with van der Waals surface area (Å²) >= 11 is 5.66. The number of halogens is 1. The van der Waals surface area contributed by atoms with Crippen LogP contribution < -0.4 is 0 Å². The van der Waals surface area contributed by atoms with Crippen LogP contribution in [0.2, 0.25) is 5.02 Å². The van der Waals surface area contributed by atoms with E-state index >= 15 is 0 Å². The second kappa shape index (κ2) is 5.24. The lowest BCUT2D eigenvalue weighted by molar-refractivity contribution is -0.142. The molecule has 0 aliphatic rings. The third-order valence-electron chi connectivity index (χ3n) is 1.33. The van der Waals surface area contributed by atoms with Crippen LogP contribution in [0.5, 0.6) is 0 Å². The van der Waals surface area contributed by atoms with E-state index in [1.54, 1.807) is 24.3 Å². The molecule has 0 amide bonds. The topological polar surface area (TPSA) is 58.9 Å². The molecule has 0 fully saturated rings. The summed E-state index contributed by atoms with van der Waals surface area (Å²) < 4.78 is 0. The molecule has 1 aromatic rings. The molecule has 0 heterocycles. The number of hydrogen-bond acceptors (Lipinski definition) is 3. The zero-order valence-electron chi connectivity index (χ0n) is 7.18. The summed E-state index contributed by atoms with van der Waals surface area (Å²) in [6, 6.07) is 6.91. The summed E-state index contributed by atoms with van der Waals surface area (Å²) in [5, 5.41) is 12.3. The monoisotopic (exact) mass is 213 g/mol. The van der Waals surface area contributed by atoms with Gasteiger partial charge in [0.25, 0.3) is 0 Å². The number of benzene rings is 1. The largest absolute Gasteiger partial charge is 0.479 e. The van der Waals surface area contributed by atoms with Crippen LogP contribution in [0.3, 0.4) is 0 Å². The van der Waals surface area contributed by atoms with Gasteiger partial charge < -0.3 is 9.94 Å². The molecule has 14 heavy (non-hydrogen) atoms. The van der Waals surface area contributed by atoms with Gasteiger partial charge in [0, 0.05) is 5.02 Å². The average Bonchev–Trinajstić information content (AvgIpc) is 2.15. The molecule has 0 bridgehead atoms. The van der Waals surface area contributed by atoms with E-state index in [9.17, 15) is 4.79 Å². The Hall–Kier alpha value is -1.55. The number of aliphatic carboxylic acids is 1. The lowest BCUT2D eigenvalue weighted by Crippen LogP contribution is -2.03. The zero-order chi connectivity index (χ0) is 10.4. The fourth-order valence-electron chi connectivity index (χ4n) is 0.739. The lowest BCUT2D eigenvalue weighted by Gasteiger charge is -1.94. The number of oxime groups is 1. The molecule has 0 saturated heterocycles. The maximum Gasteiger partial charge on any atom is 0.344 e. The second-order valence-corrected chi connectivity index (χ2v) is 2.89. The number of carboxylic acids is 1. The Kier molecular flexibility index (Phi) is 3.94. The smallest absolute Gasteiger partial charge is 0.344 e. The van der Waals surface area contributed by atoms with Gasteiger partial charge in [-0.2, -0.15) is 0 Å². The summed E-state index contributed by atoms with van der Waals surface area (Å²) in [7, 11) is 0. The van der Waals surface area contributed by atoms with Crippen molar-refractivity contribution in [1.82, 2.24) is 0 Å². The molecule has 0 aliphatic heterocycles. The molecule has 0 aromatic heterocycles. The van der Waals surface area contributed by atoms with Crippen LogP contribution in [0.4, 0.5) is 0 Å². The Morgan fingerprint density at radius 3 is 2.71 bits per heavy atom. The van der Waals surface area contributed by atoms with Crippen molar-refractivity contribution in [1.29, 1.82) is 0 Å². The molecule has 1 N–H and O–H groups in total. The van der Waals surface area contributed by atoms with Crippen LogP contribution in [0.1, 0.15) is 5.56 Å². The van der Waals surface area contributed by atoms with Crippen molar-refractivity contribution in [2.75, 3.05) is 6.61 Å². The number of hydrogen-bond donors (Lipinski definition) is 1. The average molecular weight is 214 g/mol. The van der Waals surface area contributed by atoms with Gasteiger partial charge in [0.15, 0.2) is 0 Å². The lowest BCUT2D eigenvalue weighted by atomic mass is 10.2. The minimum Gasteiger partial charge on any atom is -0.479 e. The van der Waals surface area contributed by atoms with Crippen LogP contribution in [-0.2, 0) is 9.63 Å². The van der Waals surface area contributed by atoms with Gasteiger partial charge in [-0.1, -0.05) is 28.9 Å². The molecule has 0 radical (unpaired) electrons. The Balaban J connectivity index is 2.44. The Morgan fingerprint density at radius 2 is 2.14 bits per heavy atom. The number of nitrogens with zero attached hydrogens (tertiary/aromatic N) is 1. The summed E-state index contributed by atoms with van der Waals surface area (Å²) in [5.41, 5.74) is 0.791. The SMILES string of the molecule is O=C(O)CO/N=C\c1ccc(Cl)cc1. The van der Waals surface area contributed by atoms with Gasteiger partial charge in [-0.15, -0.1) is 0 Å². The van der Waals surface area contributed by atoms with Gasteiger partial charge in [-0.25, -0.2) is 4.79 Å². The first-order chi connectivity index (χ1) is 6.68. The quantitative estimate of drug-likeness (QED) is 0.613. The van der Waals surface area contributed by atoms with Crippen LogP contribution in [0.15, 0.2) is 29.4 Å². The second-order valence-electron chi connectivity index (χ2n) is 2.45. The standard InChI is InChI=1S/C9H8ClNO3/c10-8-3-1-7(2-4-8)5-11-14-6-9(12)13/h1-5H,6H2,(H,12,13)/b11-5-. The molecule has 0 spiro atoms. The molecule has 74 valence electrons. The number of rotatable bonds is 4. The predicted molar refractivity (Wildman–Crippen MR) is 52.6 cm³/mol. The summed E-state index contributed by atoms with van der Waals surface area (Å²) in [5.74, 6) is -1.06. The van der Waals surface area contributed by atoms with Gasteiger partial charge in [-0.3, -0.25) is 0 Å². The van der Waals surface area contributed by atoms with Gasteiger partial charge >= 0.3 is 5.97 Å². The van der Waals surface area contributed by atoms with E-state index in [1.165, 1.54) is 6.21 Å². The van der Waals surface area contributed by atoms with E-state index in [1.807, 2.05) is 0 Å². The van der Waals surface area contributed by atoms with Crippen LogP contribution in [-0.4, -0.2) is 23.9 Å². The summed E-state index contributed by atoms with van der Waals surface area (Å²) in [6.07, 6.45) is 1.42. The number of carboxylic acid groups (broad SMARTS) is 1. The van der Waals surface area contributed by atoms with Crippen molar-refractivity contribution in [2.24, 2.45) is 5.16 Å². The third-order valence-corrected chi connectivity index (χ3v) is 1.59.